The van der Waals surface area contributed by atoms with E-state index < -0.39 is 22.5 Å². The van der Waals surface area contributed by atoms with Crippen LogP contribution in [0.5, 0.6) is 0 Å². The van der Waals surface area contributed by atoms with Gasteiger partial charge in [-0.2, -0.15) is 0 Å². The summed E-state index contributed by atoms with van der Waals surface area (Å²) in [6, 6.07) is 2.94. The summed E-state index contributed by atoms with van der Waals surface area (Å²) in [6.45, 7) is 2.84. The van der Waals surface area contributed by atoms with Gasteiger partial charge in [-0.05, 0) is 13.8 Å². The van der Waals surface area contributed by atoms with Crippen molar-refractivity contribution in [2.45, 2.75) is 13.8 Å². The molecule has 0 fully saturated rings. The Morgan fingerprint density at radius 3 is 2.33 bits per heavy atom. The molecule has 0 aliphatic carbocycles. The zero-order chi connectivity index (χ0) is 15.6. The van der Waals surface area contributed by atoms with Crippen molar-refractivity contribution in [2.75, 3.05) is 22.4 Å². The summed E-state index contributed by atoms with van der Waals surface area (Å²) in [5.74, 6) is 0.640. The normalized spacial score (nSPS) is 11.4. The number of hydrogen-bond acceptors (Lipinski definition) is 7. The third-order valence-electron chi connectivity index (χ3n) is 2.45. The van der Waals surface area contributed by atoms with E-state index in [0.717, 1.165) is 10.6 Å². The smallest absolute Gasteiger partial charge is 0.246 e. The molecular weight excluding hydrogens is 300 g/mol. The van der Waals surface area contributed by atoms with Crippen LogP contribution in [0.25, 0.3) is 0 Å². The molecule has 2 heterocycles. The molecule has 2 rings (SSSR count). The molecular formula is C11H14N4O5S. The van der Waals surface area contributed by atoms with Gasteiger partial charge in [0.1, 0.15) is 18.1 Å². The Morgan fingerprint density at radius 1 is 1.24 bits per heavy atom. The van der Waals surface area contributed by atoms with Crippen LogP contribution in [0.3, 0.4) is 0 Å². The first-order chi connectivity index (χ1) is 9.75. The monoisotopic (exact) mass is 314 g/mol. The van der Waals surface area contributed by atoms with E-state index in [9.17, 15) is 13.2 Å². The molecule has 0 saturated heterocycles. The van der Waals surface area contributed by atoms with Crippen LogP contribution in [0.1, 0.15) is 11.5 Å². The topological polar surface area (TPSA) is 119 Å². The third kappa shape index (κ3) is 3.81. The molecule has 21 heavy (non-hydrogen) atoms. The summed E-state index contributed by atoms with van der Waals surface area (Å²) in [5.41, 5.74) is 0. The Bertz CT molecular complexity index is 748. The van der Waals surface area contributed by atoms with E-state index in [0.29, 0.717) is 11.5 Å². The van der Waals surface area contributed by atoms with Crippen LogP contribution in [0.2, 0.25) is 0 Å². The van der Waals surface area contributed by atoms with E-state index >= 15 is 0 Å². The van der Waals surface area contributed by atoms with Crippen molar-refractivity contribution in [3.8, 4) is 0 Å². The van der Waals surface area contributed by atoms with Gasteiger partial charge in [0.15, 0.2) is 11.6 Å². The highest BCUT2D eigenvalue weighted by molar-refractivity contribution is 7.92. The van der Waals surface area contributed by atoms with Crippen molar-refractivity contribution < 1.29 is 22.3 Å². The Kier molecular flexibility index (Phi) is 3.98. The first-order valence-electron chi connectivity index (χ1n) is 5.90. The summed E-state index contributed by atoms with van der Waals surface area (Å²) in [7, 11) is -3.68. The molecule has 0 atom stereocenters. The zero-order valence-corrected chi connectivity index (χ0v) is 12.5. The molecule has 0 bridgehead atoms. The lowest BCUT2D eigenvalue weighted by Gasteiger charge is -2.17. The number of carbonyl (C=O) groups excluding carboxylic acids is 1. The fraction of sp³-hybridized carbons (Fsp3) is 0.364. The van der Waals surface area contributed by atoms with Crippen LogP contribution in [0.15, 0.2) is 21.2 Å². The lowest BCUT2D eigenvalue weighted by Crippen LogP contribution is -2.37. The summed E-state index contributed by atoms with van der Waals surface area (Å²) in [4.78, 5) is 11.9. The number of rotatable bonds is 5. The number of aromatic nitrogens is 2. The molecule has 0 aliphatic heterocycles. The van der Waals surface area contributed by atoms with E-state index in [1.807, 2.05) is 0 Å². The number of nitrogens with zero attached hydrogens (tertiary/aromatic N) is 3. The van der Waals surface area contributed by atoms with E-state index in [4.69, 9.17) is 9.05 Å². The average molecular weight is 314 g/mol. The van der Waals surface area contributed by atoms with Crippen LogP contribution in [0.4, 0.5) is 11.6 Å². The van der Waals surface area contributed by atoms with Crippen LogP contribution in [-0.2, 0) is 14.8 Å². The summed E-state index contributed by atoms with van der Waals surface area (Å²) in [5, 5.41) is 9.63. The van der Waals surface area contributed by atoms with Crippen molar-refractivity contribution >= 4 is 27.6 Å². The van der Waals surface area contributed by atoms with Gasteiger partial charge in [0.05, 0.1) is 6.26 Å². The lowest BCUT2D eigenvalue weighted by atomic mass is 10.4. The second-order valence-corrected chi connectivity index (χ2v) is 6.34. The molecule has 0 radical (unpaired) electrons. The summed E-state index contributed by atoms with van der Waals surface area (Å²) < 4.78 is 34.0. The fourth-order valence-corrected chi connectivity index (χ4v) is 2.35. The predicted molar refractivity (Wildman–Crippen MR) is 73.3 cm³/mol. The molecule has 0 aromatic carbocycles. The largest absolute Gasteiger partial charge is 0.360 e. The van der Waals surface area contributed by atoms with Gasteiger partial charge in [-0.1, -0.05) is 10.3 Å². The molecule has 0 spiro atoms. The van der Waals surface area contributed by atoms with Gasteiger partial charge in [-0.15, -0.1) is 0 Å². The molecule has 2 aromatic rings. The minimum atomic E-state index is -3.68. The zero-order valence-electron chi connectivity index (χ0n) is 11.7. The highest BCUT2D eigenvalue weighted by atomic mass is 32.2. The highest BCUT2D eigenvalue weighted by Gasteiger charge is 2.24. The van der Waals surface area contributed by atoms with Crippen LogP contribution in [0, 0.1) is 13.8 Å². The Hall–Kier alpha value is -2.36. The maximum Gasteiger partial charge on any atom is 0.246 e. The number of sulfonamides is 1. The van der Waals surface area contributed by atoms with Gasteiger partial charge >= 0.3 is 0 Å². The van der Waals surface area contributed by atoms with Crippen molar-refractivity contribution in [2.24, 2.45) is 0 Å². The Labute approximate surface area is 120 Å². The first kappa shape index (κ1) is 15.0. The Balaban J connectivity index is 2.14. The summed E-state index contributed by atoms with van der Waals surface area (Å²) in [6.07, 6.45) is 0.977. The maximum absolute atomic E-state index is 11.9. The minimum absolute atomic E-state index is 0.0430. The second kappa shape index (κ2) is 5.56. The standard InChI is InChI=1S/C11H14N4O5S/c1-7-4-9(13-19-7)12-11(16)6-15(21(3,17)18)10-5-8(2)20-14-10/h4-5H,6H2,1-3H3,(H,12,13,16). The molecule has 1 amide bonds. The van der Waals surface area contributed by atoms with Gasteiger partial charge in [-0.3, -0.25) is 4.79 Å². The molecule has 10 heteroatoms. The van der Waals surface area contributed by atoms with Crippen molar-refractivity contribution in [1.82, 2.24) is 10.3 Å². The molecule has 2 aromatic heterocycles. The van der Waals surface area contributed by atoms with Crippen LogP contribution in [-0.4, -0.2) is 37.4 Å². The third-order valence-corrected chi connectivity index (χ3v) is 3.57. The molecule has 0 unspecified atom stereocenters. The van der Waals surface area contributed by atoms with Gasteiger partial charge in [0, 0.05) is 12.1 Å². The van der Waals surface area contributed by atoms with E-state index in [1.54, 1.807) is 13.8 Å². The van der Waals surface area contributed by atoms with E-state index in [-0.39, 0.29) is 11.6 Å². The average Bonchev–Trinajstić information content (AvgIpc) is 2.94. The van der Waals surface area contributed by atoms with E-state index in [1.165, 1.54) is 12.1 Å². The minimum Gasteiger partial charge on any atom is -0.360 e. The number of hydrogen-bond donors (Lipinski definition) is 1. The number of nitrogens with one attached hydrogen (secondary N) is 1. The number of amides is 1. The van der Waals surface area contributed by atoms with E-state index in [2.05, 4.69) is 15.6 Å². The second-order valence-electron chi connectivity index (χ2n) is 4.44. The van der Waals surface area contributed by atoms with Crippen molar-refractivity contribution in [3.63, 3.8) is 0 Å². The van der Waals surface area contributed by atoms with Crippen LogP contribution >= 0.6 is 0 Å². The number of anilines is 2. The van der Waals surface area contributed by atoms with Crippen LogP contribution < -0.4 is 9.62 Å². The SMILES string of the molecule is Cc1cc(NC(=O)CN(c2cc(C)on2)S(C)(=O)=O)no1. The first-order valence-corrected chi connectivity index (χ1v) is 7.75. The quantitative estimate of drug-likeness (QED) is 0.862. The van der Waals surface area contributed by atoms with Gasteiger partial charge < -0.3 is 14.4 Å². The molecule has 1 N–H and O–H groups in total. The number of aryl methyl sites for hydroxylation is 2. The van der Waals surface area contributed by atoms with Gasteiger partial charge in [0.2, 0.25) is 15.9 Å². The van der Waals surface area contributed by atoms with Crippen molar-refractivity contribution in [3.05, 3.63) is 23.7 Å². The number of carbonyl (C=O) groups is 1. The van der Waals surface area contributed by atoms with Gasteiger partial charge in [0.25, 0.3) is 0 Å². The molecule has 0 saturated carbocycles. The molecule has 9 nitrogen and oxygen atoms in total. The predicted octanol–water partition coefficient (Wildman–Crippen LogP) is 0.684. The maximum atomic E-state index is 11.9. The van der Waals surface area contributed by atoms with Gasteiger partial charge in [-0.25, -0.2) is 12.7 Å². The summed E-state index contributed by atoms with van der Waals surface area (Å²) >= 11 is 0. The molecule has 114 valence electrons. The molecule has 0 aliphatic rings. The fourth-order valence-electron chi connectivity index (χ4n) is 1.58. The van der Waals surface area contributed by atoms with Crippen molar-refractivity contribution in [1.29, 1.82) is 0 Å². The highest BCUT2D eigenvalue weighted by Crippen LogP contribution is 2.17. The lowest BCUT2D eigenvalue weighted by molar-refractivity contribution is -0.114. The Morgan fingerprint density at radius 2 is 1.86 bits per heavy atom.